The van der Waals surface area contributed by atoms with Crippen LogP contribution in [0.1, 0.15) is 32.4 Å². The summed E-state index contributed by atoms with van der Waals surface area (Å²) in [4.78, 5) is 23.7. The summed E-state index contributed by atoms with van der Waals surface area (Å²) >= 11 is 0. The predicted molar refractivity (Wildman–Crippen MR) is 133 cm³/mol. The number of aromatic nitrogens is 4. The van der Waals surface area contributed by atoms with E-state index in [0.29, 0.717) is 35.4 Å². The molecule has 0 fully saturated rings. The third-order valence-electron chi connectivity index (χ3n) is 5.53. The molecule has 0 saturated carbocycles. The molecule has 0 saturated heterocycles. The Balaban J connectivity index is 1.86. The summed E-state index contributed by atoms with van der Waals surface area (Å²) < 4.78 is 104. The summed E-state index contributed by atoms with van der Waals surface area (Å²) in [6, 6.07) is 0.0435. The van der Waals surface area contributed by atoms with Gasteiger partial charge in [0.2, 0.25) is 7.44 Å². The molecular weight excluding hydrogens is 587 g/mol. The Morgan fingerprint density at radius 2 is 1.76 bits per heavy atom. The number of nitrogens with zero attached hydrogens (tertiary/aromatic N) is 4. The number of hydrogen-bond donors (Lipinski definition) is 4. The number of rotatable bonds is 12. The number of anilines is 1. The van der Waals surface area contributed by atoms with Gasteiger partial charge in [0, 0.05) is 0 Å². The van der Waals surface area contributed by atoms with Gasteiger partial charge in [0.05, 0.1) is 19.0 Å². The van der Waals surface area contributed by atoms with Crippen LogP contribution in [0, 0.1) is 0 Å². The van der Waals surface area contributed by atoms with Crippen LogP contribution in [0.4, 0.5) is 32.2 Å². The van der Waals surface area contributed by atoms with E-state index >= 15 is 0 Å². The number of benzene rings is 1. The molecule has 0 bridgehead atoms. The van der Waals surface area contributed by atoms with Crippen LogP contribution in [0.3, 0.4) is 0 Å². The van der Waals surface area contributed by atoms with Crippen LogP contribution in [0.2, 0.25) is 0 Å². The second-order valence-electron chi connectivity index (χ2n) is 9.44. The highest BCUT2D eigenvalue weighted by Crippen LogP contribution is 2.46. The van der Waals surface area contributed by atoms with Crippen molar-refractivity contribution >= 4 is 30.4 Å². The molecule has 12 nitrogen and oxygen atoms in total. The number of carboxylic acids is 1. The molecule has 0 amide bonds. The van der Waals surface area contributed by atoms with Crippen molar-refractivity contribution < 1.29 is 50.3 Å². The van der Waals surface area contributed by atoms with Gasteiger partial charge in [-0.25, -0.2) is 25.1 Å². The second kappa shape index (κ2) is 11.8. The lowest BCUT2D eigenvalue weighted by Crippen LogP contribution is -2.49. The van der Waals surface area contributed by atoms with E-state index in [1.807, 2.05) is 5.09 Å². The van der Waals surface area contributed by atoms with Crippen molar-refractivity contribution in [1.29, 1.82) is 0 Å². The van der Waals surface area contributed by atoms with E-state index in [1.54, 1.807) is 0 Å². The van der Waals surface area contributed by atoms with Crippen LogP contribution < -0.4 is 20.6 Å². The molecule has 3 rings (SSSR count). The van der Waals surface area contributed by atoms with E-state index in [0.717, 1.165) is 13.8 Å². The van der Waals surface area contributed by atoms with E-state index in [4.69, 9.17) is 10.5 Å². The van der Waals surface area contributed by atoms with Crippen molar-refractivity contribution in [2.45, 2.75) is 57.5 Å². The Bertz CT molecular complexity index is 1410. The van der Waals surface area contributed by atoms with E-state index < -0.39 is 61.3 Å². The molecule has 19 heteroatoms. The van der Waals surface area contributed by atoms with E-state index in [9.17, 15) is 40.8 Å². The number of nitrogens with one attached hydrogen (secondary N) is 2. The third kappa shape index (κ3) is 8.51. The maximum absolute atomic E-state index is 14.1. The second-order valence-corrected chi connectivity index (χ2v) is 11.7. The maximum atomic E-state index is 14.1. The molecule has 0 aliphatic heterocycles. The fraction of sp³-hybridized carbons (Fsp3) is 0.455. The van der Waals surface area contributed by atoms with Gasteiger partial charge in [0.25, 0.3) is 0 Å². The summed E-state index contributed by atoms with van der Waals surface area (Å²) in [5.41, 5.74) is 3.80. The number of nitrogens with two attached hydrogens (primary N) is 1. The number of ether oxygens (including phenoxy) is 2. The Hall–Kier alpha value is -3.47. The normalized spacial score (nSPS) is 15.8. The number of carboxylic acid groups (broad SMARTS) is 1. The minimum Gasteiger partial charge on any atom is -0.480 e. The van der Waals surface area contributed by atoms with E-state index in [1.165, 1.54) is 24.1 Å². The summed E-state index contributed by atoms with van der Waals surface area (Å²) in [5, 5.41) is 13.7. The standard InChI is InChI=1S/C22H26F6N7O5P/c1-12(8-35-10-32-15-17(29)30-9-31-18(15)35)39-11-41(38,34-20(2,3)19(36)37)33-16(21(23,24)25)13-4-6-14(7-5-13)40-22(26,27)28/h4-7,9-10,12,16H,8,11H2,1-3H3,(H,36,37)(H2,29,30,31)(H2,33,34,38)/t12-,16-,41-/m1/s1. The largest absolute Gasteiger partial charge is 0.573 e. The fourth-order valence-corrected chi connectivity index (χ4v) is 5.98. The van der Waals surface area contributed by atoms with Gasteiger partial charge in [-0.15, -0.1) is 13.2 Å². The lowest BCUT2D eigenvalue weighted by atomic mass is 10.1. The monoisotopic (exact) mass is 613 g/mol. The maximum Gasteiger partial charge on any atom is 0.573 e. The van der Waals surface area contributed by atoms with Crippen molar-refractivity contribution in [3.05, 3.63) is 42.5 Å². The number of aliphatic carboxylic acids is 1. The van der Waals surface area contributed by atoms with Crippen LogP contribution in [0.15, 0.2) is 36.9 Å². The molecule has 0 aliphatic rings. The van der Waals surface area contributed by atoms with Crippen LogP contribution in [-0.2, 0) is 20.6 Å². The van der Waals surface area contributed by atoms with Crippen molar-refractivity contribution in [3.63, 3.8) is 0 Å². The number of hydrogen-bond acceptors (Lipinski definition) is 8. The molecule has 0 spiro atoms. The van der Waals surface area contributed by atoms with Crippen LogP contribution in [0.5, 0.6) is 5.75 Å². The molecule has 2 heterocycles. The average molecular weight is 613 g/mol. The van der Waals surface area contributed by atoms with E-state index in [2.05, 4.69) is 24.8 Å². The molecule has 0 aliphatic carbocycles. The quantitative estimate of drug-likeness (QED) is 0.171. The molecule has 0 unspecified atom stereocenters. The molecule has 5 N–H and O–H groups in total. The van der Waals surface area contributed by atoms with Gasteiger partial charge < -0.3 is 24.9 Å². The number of carbonyl (C=O) groups is 1. The molecule has 41 heavy (non-hydrogen) atoms. The topological polar surface area (TPSA) is 167 Å². The average Bonchev–Trinajstić information content (AvgIpc) is 3.24. The Kier molecular flexibility index (Phi) is 9.22. The Morgan fingerprint density at radius 1 is 1.12 bits per heavy atom. The highest BCUT2D eigenvalue weighted by atomic mass is 31.2. The summed E-state index contributed by atoms with van der Waals surface area (Å²) in [6.07, 6.45) is -9.31. The van der Waals surface area contributed by atoms with Gasteiger partial charge in [-0.3, -0.25) is 9.36 Å². The first kappa shape index (κ1) is 32.0. The summed E-state index contributed by atoms with van der Waals surface area (Å²) in [7, 11) is -4.56. The van der Waals surface area contributed by atoms with Gasteiger partial charge in [0.1, 0.15) is 35.5 Å². The van der Waals surface area contributed by atoms with Crippen LogP contribution in [-0.4, -0.2) is 61.1 Å². The highest BCUT2D eigenvalue weighted by molar-refractivity contribution is 7.59. The first-order valence-corrected chi connectivity index (χ1v) is 13.5. The van der Waals surface area contributed by atoms with Crippen molar-refractivity contribution in [2.24, 2.45) is 0 Å². The molecule has 1 aromatic carbocycles. The van der Waals surface area contributed by atoms with Gasteiger partial charge >= 0.3 is 18.5 Å². The van der Waals surface area contributed by atoms with Gasteiger partial charge in [-0.05, 0) is 38.5 Å². The molecular formula is C22H26F6N7O5P. The fourth-order valence-electron chi connectivity index (χ4n) is 3.60. The first-order valence-electron chi connectivity index (χ1n) is 11.6. The molecule has 3 aromatic rings. The zero-order valence-electron chi connectivity index (χ0n) is 21.7. The zero-order chi connectivity index (χ0) is 30.8. The van der Waals surface area contributed by atoms with Crippen molar-refractivity contribution in [3.8, 4) is 5.75 Å². The smallest absolute Gasteiger partial charge is 0.480 e. The number of alkyl halides is 6. The van der Waals surface area contributed by atoms with Crippen molar-refractivity contribution in [2.75, 3.05) is 12.1 Å². The summed E-state index contributed by atoms with van der Waals surface area (Å²) in [5.74, 6) is -2.18. The third-order valence-corrected chi connectivity index (χ3v) is 7.64. The first-order chi connectivity index (χ1) is 18.8. The minimum absolute atomic E-state index is 0.0403. The lowest BCUT2D eigenvalue weighted by molar-refractivity contribution is -0.274. The SMILES string of the molecule is C[C@H](Cn1cnc2c(N)ncnc21)OC[P@@](=O)(N[C@H](c1ccc(OC(F)(F)F)cc1)C(F)(F)F)NC(C)(C)C(=O)O. The molecule has 226 valence electrons. The van der Waals surface area contributed by atoms with Crippen LogP contribution in [0.25, 0.3) is 11.2 Å². The van der Waals surface area contributed by atoms with Gasteiger partial charge in [-0.1, -0.05) is 12.1 Å². The van der Waals surface area contributed by atoms with Crippen LogP contribution >= 0.6 is 7.44 Å². The molecule has 0 radical (unpaired) electrons. The van der Waals surface area contributed by atoms with E-state index in [-0.39, 0.29) is 12.4 Å². The Morgan fingerprint density at radius 3 is 2.32 bits per heavy atom. The number of halogens is 6. The number of imidazole rings is 1. The van der Waals surface area contributed by atoms with Gasteiger partial charge in [0.15, 0.2) is 11.5 Å². The summed E-state index contributed by atoms with van der Waals surface area (Å²) in [6.45, 7) is 3.73. The Labute approximate surface area is 228 Å². The van der Waals surface area contributed by atoms with Crippen molar-refractivity contribution in [1.82, 2.24) is 29.7 Å². The predicted octanol–water partition coefficient (Wildman–Crippen LogP) is 4.21. The number of nitrogen functional groups attached to an aromatic ring is 1. The number of fused-ring (bicyclic) bond motifs is 1. The zero-order valence-corrected chi connectivity index (χ0v) is 22.6. The molecule has 3 atom stereocenters. The molecule has 2 aromatic heterocycles. The minimum atomic E-state index is -5.11. The van der Waals surface area contributed by atoms with Gasteiger partial charge in [-0.2, -0.15) is 13.2 Å². The lowest BCUT2D eigenvalue weighted by Gasteiger charge is -2.33. The highest BCUT2D eigenvalue weighted by Gasteiger charge is 2.47.